The van der Waals surface area contributed by atoms with Crippen LogP contribution in [0.1, 0.15) is 115 Å². The highest BCUT2D eigenvalue weighted by Gasteiger charge is 2.34. The summed E-state index contributed by atoms with van der Waals surface area (Å²) in [5.74, 6) is -6.99. The lowest BCUT2D eigenvalue weighted by Crippen LogP contribution is -2.55. The number of carboxylic acid groups (broad SMARTS) is 1. The molecule has 2 aromatic rings. The normalized spacial score (nSPS) is 17.6. The lowest BCUT2D eigenvalue weighted by Gasteiger charge is -2.31. The third kappa shape index (κ3) is 15.3. The van der Waals surface area contributed by atoms with Crippen LogP contribution in [0.2, 0.25) is 0 Å². The molecule has 0 saturated carbocycles. The van der Waals surface area contributed by atoms with Crippen LogP contribution in [0.5, 0.6) is 11.5 Å². The molecule has 1 aliphatic heterocycles. The number of nitrogens with zero attached hydrogens (tertiary/aromatic N) is 3. The first kappa shape index (κ1) is 53.3. The number of fused-ring (bicyclic) bond motifs is 5. The van der Waals surface area contributed by atoms with Gasteiger partial charge in [-0.3, -0.25) is 39.2 Å². The van der Waals surface area contributed by atoms with Gasteiger partial charge in [-0.2, -0.15) is 0 Å². The number of aliphatic carboxylic acids is 1. The Morgan fingerprint density at radius 1 is 0.862 bits per heavy atom. The molecular formula is C45H66N7O13-. The molecule has 0 radical (unpaired) electrons. The predicted octanol–water partition coefficient (Wildman–Crippen LogP) is 2.23. The number of benzene rings is 2. The highest BCUT2D eigenvalue weighted by atomic mass is 16.8. The molecule has 0 aliphatic carbocycles. The largest absolute Gasteiger partial charge is 0.871 e. The molecule has 360 valence electrons. The smallest absolute Gasteiger partial charge is 0.326 e. The molecule has 6 atom stereocenters. The lowest BCUT2D eigenvalue weighted by molar-refractivity contribution is -0.267. The van der Waals surface area contributed by atoms with Crippen molar-refractivity contribution in [3.8, 4) is 22.6 Å². The van der Waals surface area contributed by atoms with Crippen LogP contribution in [0.4, 0.5) is 5.69 Å². The minimum Gasteiger partial charge on any atom is -0.871 e. The van der Waals surface area contributed by atoms with Crippen LogP contribution in [0.15, 0.2) is 30.3 Å². The van der Waals surface area contributed by atoms with E-state index in [-0.39, 0.29) is 34.6 Å². The average molecular weight is 913 g/mol. The van der Waals surface area contributed by atoms with Crippen LogP contribution < -0.4 is 31.6 Å². The van der Waals surface area contributed by atoms with E-state index < -0.39 is 108 Å². The fourth-order valence-corrected chi connectivity index (χ4v) is 7.44. The Morgan fingerprint density at radius 2 is 1.49 bits per heavy atom. The van der Waals surface area contributed by atoms with Gasteiger partial charge in [0.1, 0.15) is 36.0 Å². The number of aromatic hydroxyl groups is 1. The summed E-state index contributed by atoms with van der Waals surface area (Å²) in [4.78, 5) is 94.2. The topological polar surface area (TPSA) is 302 Å². The molecule has 6 amide bonds. The first-order chi connectivity index (χ1) is 30.7. The summed E-state index contributed by atoms with van der Waals surface area (Å²) in [5.41, 5.74) is -1.27. The van der Waals surface area contributed by atoms with Crippen molar-refractivity contribution in [2.24, 2.45) is 5.92 Å². The highest BCUT2D eigenvalue weighted by Crippen LogP contribution is 2.42. The molecule has 65 heavy (non-hydrogen) atoms. The number of amides is 6. The number of anilines is 1. The first-order valence-electron chi connectivity index (χ1n) is 22.1. The van der Waals surface area contributed by atoms with Crippen molar-refractivity contribution in [1.82, 2.24) is 31.1 Å². The maximum Gasteiger partial charge on any atom is 0.326 e. The number of carboxylic acids is 1. The van der Waals surface area contributed by atoms with Gasteiger partial charge in [0.15, 0.2) is 0 Å². The highest BCUT2D eigenvalue weighted by molar-refractivity contribution is 5.96. The summed E-state index contributed by atoms with van der Waals surface area (Å²) < 4.78 is 0. The number of carbonyl (C=O) groups is 7. The van der Waals surface area contributed by atoms with Gasteiger partial charge in [0.25, 0.3) is 0 Å². The number of unbranched alkanes of at least 4 members (excludes halogenated alkanes) is 7. The molecule has 0 saturated heterocycles. The summed E-state index contributed by atoms with van der Waals surface area (Å²) >= 11 is 0. The zero-order valence-corrected chi connectivity index (χ0v) is 38.1. The maximum absolute atomic E-state index is 13.9. The molecule has 2 aromatic carbocycles. The van der Waals surface area contributed by atoms with E-state index in [1.54, 1.807) is 0 Å². The summed E-state index contributed by atoms with van der Waals surface area (Å²) in [7, 11) is 2.60. The zero-order valence-electron chi connectivity index (χ0n) is 38.1. The van der Waals surface area contributed by atoms with Crippen molar-refractivity contribution in [3.05, 3.63) is 41.5 Å². The van der Waals surface area contributed by atoms with Gasteiger partial charge in [-0.05, 0) is 61.1 Å². The van der Waals surface area contributed by atoms with Crippen LogP contribution in [0.3, 0.4) is 0 Å². The minimum atomic E-state index is -1.63. The van der Waals surface area contributed by atoms with Crippen LogP contribution in [0.25, 0.3) is 11.1 Å². The Balaban J connectivity index is 1.70. The van der Waals surface area contributed by atoms with E-state index in [0.29, 0.717) is 6.42 Å². The standard InChI is InChI=1S/C45H67N7O13/c1-7-26(2)16-14-12-10-8-9-11-13-15-17-37(55)50(5)35(25-53)43(60)47-27(3)41(58)46-24-38(56)51(6)39-30-18-19-36(54)31(23-30)32-20-29(22-34(40(32)57)52(64)65)21-33(45(62)63)49-42(59)28(4)48-44(39)61/h18-20,22-23,26-28,33,35,39,53-54,57,64-65H,7-17,21,24-25H2,1-6H3,(H,46,58)(H,47,60)(H,48,61)(H,49,59)(H,62,63)/p-1/t26?,27-,28+,33?,35-,39?/m1/s1. The van der Waals surface area contributed by atoms with Crippen molar-refractivity contribution < 1.29 is 64.4 Å². The molecule has 20 heteroatoms. The van der Waals surface area contributed by atoms with Crippen LogP contribution >= 0.6 is 0 Å². The first-order valence-corrected chi connectivity index (χ1v) is 22.1. The molecular weight excluding hydrogens is 847 g/mol. The number of phenols is 1. The fourth-order valence-electron chi connectivity index (χ4n) is 7.44. The SMILES string of the molecule is CCC(C)CCCCCCCCCCC(=O)N(C)[C@H](CO)C(=O)N[C@H](C)C(=O)NCC(=O)N(C)C1C(=O)N[C@@H](C)C(=O)NC(C(=O)O)Cc2cc(c([O-])c(N(O)O)c2)-c2cc1ccc2O. The van der Waals surface area contributed by atoms with Gasteiger partial charge in [-0.25, -0.2) is 4.79 Å². The van der Waals surface area contributed by atoms with E-state index in [0.717, 1.165) is 53.5 Å². The second-order valence-corrected chi connectivity index (χ2v) is 16.8. The van der Waals surface area contributed by atoms with Gasteiger partial charge in [-0.1, -0.05) is 89.5 Å². The van der Waals surface area contributed by atoms with Gasteiger partial charge in [0, 0.05) is 32.5 Å². The van der Waals surface area contributed by atoms with E-state index in [1.165, 1.54) is 78.2 Å². The van der Waals surface area contributed by atoms with Crippen LogP contribution in [0, 0.1) is 5.92 Å². The molecule has 4 bridgehead atoms. The quantitative estimate of drug-likeness (QED) is 0.0605. The predicted molar refractivity (Wildman–Crippen MR) is 235 cm³/mol. The Kier molecular flexibility index (Phi) is 20.9. The van der Waals surface area contributed by atoms with Crippen LogP contribution in [-0.4, -0.2) is 128 Å². The van der Waals surface area contributed by atoms with Crippen molar-refractivity contribution >= 4 is 47.1 Å². The van der Waals surface area contributed by atoms with Crippen LogP contribution in [-0.2, 0) is 40.0 Å². The number of nitrogens with one attached hydrogen (secondary N) is 4. The summed E-state index contributed by atoms with van der Waals surface area (Å²) in [6.45, 7) is 5.64. The van der Waals surface area contributed by atoms with Crippen molar-refractivity contribution in [1.29, 1.82) is 0 Å². The molecule has 0 spiro atoms. The second kappa shape index (κ2) is 25.5. The van der Waals surface area contributed by atoms with Gasteiger partial charge in [0.2, 0.25) is 35.4 Å². The number of hydrogen-bond donors (Lipinski definition) is 9. The van der Waals surface area contributed by atoms with E-state index in [4.69, 9.17) is 0 Å². The van der Waals surface area contributed by atoms with E-state index >= 15 is 0 Å². The number of likely N-dealkylation sites (N-methyl/N-ethyl adjacent to an activating group) is 2. The number of carbonyl (C=O) groups excluding carboxylic acids is 6. The molecule has 9 N–H and O–H groups in total. The van der Waals surface area contributed by atoms with Gasteiger partial charge < -0.3 is 51.5 Å². The Hall–Kier alpha value is -5.99. The molecule has 3 rings (SSSR count). The summed E-state index contributed by atoms with van der Waals surface area (Å²) in [5, 5.41) is 73.0. The third-order valence-electron chi connectivity index (χ3n) is 11.8. The fraction of sp³-hybridized carbons (Fsp3) is 0.578. The van der Waals surface area contributed by atoms with E-state index in [2.05, 4.69) is 35.1 Å². The van der Waals surface area contributed by atoms with E-state index in [1.807, 2.05) is 0 Å². The van der Waals surface area contributed by atoms with E-state index in [9.17, 15) is 64.4 Å². The maximum atomic E-state index is 13.9. The molecule has 0 fully saturated rings. The molecule has 0 aromatic heterocycles. The van der Waals surface area contributed by atoms with Crippen molar-refractivity contribution in [3.63, 3.8) is 0 Å². The molecule has 1 heterocycles. The Bertz CT molecular complexity index is 2000. The number of phenolic OH excluding ortho intramolecular Hbond substituents is 1. The zero-order chi connectivity index (χ0) is 48.5. The lowest BCUT2D eigenvalue weighted by atomic mass is 9.93. The van der Waals surface area contributed by atoms with Gasteiger partial charge in [-0.15, -0.1) is 5.23 Å². The van der Waals surface area contributed by atoms with Crippen molar-refractivity contribution in [2.45, 2.75) is 135 Å². The van der Waals surface area contributed by atoms with Gasteiger partial charge in [0.05, 0.1) is 18.8 Å². The number of hydrogen-bond acceptors (Lipinski definition) is 13. The molecule has 1 aliphatic rings. The Morgan fingerprint density at radius 3 is 2.09 bits per heavy atom. The molecule has 3 unspecified atom stereocenters. The third-order valence-corrected chi connectivity index (χ3v) is 11.8. The van der Waals surface area contributed by atoms with Crippen molar-refractivity contribution in [2.75, 3.05) is 32.5 Å². The number of aliphatic hydroxyl groups is 1. The monoisotopic (exact) mass is 912 g/mol. The Labute approximate surface area is 379 Å². The second-order valence-electron chi connectivity index (χ2n) is 16.8. The summed E-state index contributed by atoms with van der Waals surface area (Å²) in [6.07, 6.45) is 10.6. The summed E-state index contributed by atoms with van der Waals surface area (Å²) in [6, 6.07) is -1.41. The number of rotatable bonds is 22. The average Bonchev–Trinajstić information content (AvgIpc) is 3.26. The minimum absolute atomic E-state index is 0.00524. The number of aliphatic hydroxyl groups excluding tert-OH is 1. The van der Waals surface area contributed by atoms with Gasteiger partial charge >= 0.3 is 5.97 Å². The molecule has 20 nitrogen and oxygen atoms in total.